The molecule has 118 valence electrons. The zero-order valence-corrected chi connectivity index (χ0v) is 12.6. The summed E-state index contributed by atoms with van der Waals surface area (Å²) in [5.41, 5.74) is 0.616. The molecule has 7 heteroatoms. The Morgan fingerprint density at radius 1 is 1.09 bits per heavy atom. The lowest BCUT2D eigenvalue weighted by Gasteiger charge is -2.10. The van der Waals surface area contributed by atoms with E-state index in [1.54, 1.807) is 31.3 Å². The summed E-state index contributed by atoms with van der Waals surface area (Å²) in [6.45, 7) is -0.406. The van der Waals surface area contributed by atoms with E-state index in [2.05, 4.69) is 0 Å². The second-order valence-electron chi connectivity index (χ2n) is 5.31. The molecule has 2 aromatic heterocycles. The number of aryl methyl sites for hydroxylation is 1. The quantitative estimate of drug-likeness (QED) is 0.649. The van der Waals surface area contributed by atoms with Crippen LogP contribution < -0.4 is 16.4 Å². The molecule has 0 aliphatic carbocycles. The van der Waals surface area contributed by atoms with Crippen LogP contribution >= 0.6 is 0 Å². The molecular formula is C16H14N3O4-. The predicted molar refractivity (Wildman–Crippen MR) is 82.9 cm³/mol. The Morgan fingerprint density at radius 3 is 2.35 bits per heavy atom. The van der Waals surface area contributed by atoms with E-state index in [0.717, 1.165) is 4.57 Å². The first-order valence-corrected chi connectivity index (χ1v) is 6.96. The molecule has 0 N–H and O–H groups in total. The van der Waals surface area contributed by atoms with E-state index in [1.807, 2.05) is 6.07 Å². The van der Waals surface area contributed by atoms with Gasteiger partial charge in [0.15, 0.2) is 0 Å². The molecule has 2 heterocycles. The highest BCUT2D eigenvalue weighted by Crippen LogP contribution is 2.27. The molecule has 0 amide bonds. The molecular weight excluding hydrogens is 298 g/mol. The van der Waals surface area contributed by atoms with E-state index in [1.165, 1.54) is 22.4 Å². The second kappa shape index (κ2) is 5.28. The number of carboxylic acid groups (broad SMARTS) is 1. The molecule has 0 bridgehead atoms. The lowest BCUT2D eigenvalue weighted by atomic mass is 10.1. The standard InChI is InChI=1S/C16H15N3O4/c1-17-11-8-19(9-12(20)21)14(10-6-4-3-5-7-10)13(11)15(22)18(2)16(17)23/h3-8H,9H2,1-2H3,(H,20,21)/p-1. The van der Waals surface area contributed by atoms with Crippen molar-refractivity contribution < 1.29 is 9.90 Å². The molecule has 0 saturated heterocycles. The Labute approximate surface area is 130 Å². The van der Waals surface area contributed by atoms with Crippen molar-refractivity contribution in [2.75, 3.05) is 0 Å². The minimum Gasteiger partial charge on any atom is -0.548 e. The Hall–Kier alpha value is -3.09. The van der Waals surface area contributed by atoms with Crippen molar-refractivity contribution in [1.82, 2.24) is 13.7 Å². The summed E-state index contributed by atoms with van der Waals surface area (Å²) in [6.07, 6.45) is 1.50. The van der Waals surface area contributed by atoms with Crippen LogP contribution in [0.3, 0.4) is 0 Å². The maximum Gasteiger partial charge on any atom is 0.330 e. The van der Waals surface area contributed by atoms with E-state index in [0.29, 0.717) is 22.2 Å². The van der Waals surface area contributed by atoms with Crippen molar-refractivity contribution in [2.24, 2.45) is 14.1 Å². The van der Waals surface area contributed by atoms with E-state index >= 15 is 0 Å². The lowest BCUT2D eigenvalue weighted by Crippen LogP contribution is -2.36. The van der Waals surface area contributed by atoms with Gasteiger partial charge >= 0.3 is 5.69 Å². The first kappa shape index (κ1) is 14.8. The molecule has 0 radical (unpaired) electrons. The highest BCUT2D eigenvalue weighted by atomic mass is 16.4. The maximum atomic E-state index is 12.6. The monoisotopic (exact) mass is 312 g/mol. The van der Waals surface area contributed by atoms with Crippen LogP contribution in [0.1, 0.15) is 0 Å². The first-order valence-electron chi connectivity index (χ1n) is 6.96. The topological polar surface area (TPSA) is 89.1 Å². The molecule has 0 aliphatic rings. The minimum absolute atomic E-state index is 0.307. The number of carboxylic acids is 1. The van der Waals surface area contributed by atoms with Crippen LogP contribution in [0.5, 0.6) is 0 Å². The number of benzene rings is 1. The van der Waals surface area contributed by atoms with Gasteiger partial charge in [-0.25, -0.2) is 4.79 Å². The van der Waals surface area contributed by atoms with Crippen LogP contribution in [0.4, 0.5) is 0 Å². The SMILES string of the molecule is Cn1c(=O)c2c(-c3ccccc3)n(CC(=O)[O-])cc2n(C)c1=O. The highest BCUT2D eigenvalue weighted by Gasteiger charge is 2.19. The molecule has 3 aromatic rings. The average molecular weight is 312 g/mol. The third-order valence-electron chi connectivity index (χ3n) is 3.86. The van der Waals surface area contributed by atoms with E-state index < -0.39 is 23.8 Å². The molecule has 0 fully saturated rings. The van der Waals surface area contributed by atoms with Crippen molar-refractivity contribution in [2.45, 2.75) is 6.54 Å². The summed E-state index contributed by atoms with van der Waals surface area (Å²) < 4.78 is 3.77. The van der Waals surface area contributed by atoms with E-state index in [9.17, 15) is 19.5 Å². The summed E-state index contributed by atoms with van der Waals surface area (Å²) in [7, 11) is 2.94. The normalized spacial score (nSPS) is 11.0. The van der Waals surface area contributed by atoms with E-state index in [4.69, 9.17) is 0 Å². The fourth-order valence-electron chi connectivity index (χ4n) is 2.76. The number of carbonyl (C=O) groups excluding carboxylic acids is 1. The van der Waals surface area contributed by atoms with Crippen LogP contribution in [0.15, 0.2) is 46.1 Å². The Bertz CT molecular complexity index is 1030. The number of aliphatic carboxylic acids is 1. The molecule has 0 saturated carbocycles. The predicted octanol–water partition coefficient (Wildman–Crippen LogP) is -0.544. The largest absolute Gasteiger partial charge is 0.548 e. The summed E-state index contributed by atoms with van der Waals surface area (Å²) in [4.78, 5) is 35.7. The van der Waals surface area contributed by atoms with Crippen molar-refractivity contribution in [3.63, 3.8) is 0 Å². The Morgan fingerprint density at radius 2 is 1.74 bits per heavy atom. The van der Waals surface area contributed by atoms with Gasteiger partial charge < -0.3 is 14.5 Å². The number of aromatic nitrogens is 3. The zero-order valence-electron chi connectivity index (χ0n) is 12.6. The molecule has 0 unspecified atom stereocenters. The third-order valence-corrected chi connectivity index (χ3v) is 3.86. The number of carbonyl (C=O) groups is 1. The van der Waals surface area contributed by atoms with Gasteiger partial charge in [0.2, 0.25) is 0 Å². The van der Waals surface area contributed by atoms with Crippen LogP contribution in [-0.4, -0.2) is 19.7 Å². The molecule has 23 heavy (non-hydrogen) atoms. The minimum atomic E-state index is -1.27. The third kappa shape index (κ3) is 2.26. The summed E-state index contributed by atoms with van der Waals surface area (Å²) in [5.74, 6) is -1.27. The Balaban J connectivity index is 2.51. The Kier molecular flexibility index (Phi) is 3.40. The summed E-state index contributed by atoms with van der Waals surface area (Å²) in [5, 5.41) is 11.4. The number of fused-ring (bicyclic) bond motifs is 1. The van der Waals surface area contributed by atoms with Gasteiger partial charge in [0.05, 0.1) is 29.1 Å². The molecule has 3 rings (SSSR count). The van der Waals surface area contributed by atoms with Crippen LogP contribution in [-0.2, 0) is 25.4 Å². The maximum absolute atomic E-state index is 12.6. The number of hydrogen-bond donors (Lipinski definition) is 0. The van der Waals surface area contributed by atoms with E-state index in [-0.39, 0.29) is 0 Å². The smallest absolute Gasteiger partial charge is 0.330 e. The van der Waals surface area contributed by atoms with Crippen molar-refractivity contribution in [3.05, 3.63) is 57.4 Å². The lowest BCUT2D eigenvalue weighted by molar-refractivity contribution is -0.306. The molecule has 0 spiro atoms. The highest BCUT2D eigenvalue weighted by molar-refractivity contribution is 5.94. The van der Waals surface area contributed by atoms with Gasteiger partial charge in [-0.2, -0.15) is 0 Å². The second-order valence-corrected chi connectivity index (χ2v) is 5.31. The fraction of sp³-hybridized carbons (Fsp3) is 0.188. The van der Waals surface area contributed by atoms with Crippen LogP contribution in [0.2, 0.25) is 0 Å². The van der Waals surface area contributed by atoms with Gasteiger partial charge in [-0.1, -0.05) is 30.3 Å². The molecule has 0 aliphatic heterocycles. The van der Waals surface area contributed by atoms with Gasteiger partial charge in [0, 0.05) is 20.3 Å². The van der Waals surface area contributed by atoms with Crippen LogP contribution in [0.25, 0.3) is 22.2 Å². The zero-order chi connectivity index (χ0) is 16.7. The van der Waals surface area contributed by atoms with Gasteiger partial charge in [-0.15, -0.1) is 0 Å². The van der Waals surface area contributed by atoms with Crippen LogP contribution in [0, 0.1) is 0 Å². The van der Waals surface area contributed by atoms with Gasteiger partial charge in [0.25, 0.3) is 5.56 Å². The van der Waals surface area contributed by atoms with Gasteiger partial charge in [-0.05, 0) is 5.56 Å². The fourth-order valence-corrected chi connectivity index (χ4v) is 2.76. The van der Waals surface area contributed by atoms with Gasteiger partial charge in [-0.3, -0.25) is 13.9 Å². The first-order chi connectivity index (χ1) is 10.9. The molecule has 0 atom stereocenters. The molecule has 7 nitrogen and oxygen atoms in total. The molecule has 1 aromatic carbocycles. The number of hydrogen-bond acceptors (Lipinski definition) is 4. The summed E-state index contributed by atoms with van der Waals surface area (Å²) >= 11 is 0. The summed E-state index contributed by atoms with van der Waals surface area (Å²) in [6, 6.07) is 8.98. The van der Waals surface area contributed by atoms with Crippen molar-refractivity contribution in [3.8, 4) is 11.3 Å². The van der Waals surface area contributed by atoms with Crippen molar-refractivity contribution >= 4 is 16.9 Å². The number of nitrogens with zero attached hydrogens (tertiary/aromatic N) is 3. The number of rotatable bonds is 3. The van der Waals surface area contributed by atoms with Crippen molar-refractivity contribution in [1.29, 1.82) is 0 Å². The average Bonchev–Trinajstić information content (AvgIpc) is 2.90. The van der Waals surface area contributed by atoms with Gasteiger partial charge in [0.1, 0.15) is 0 Å².